The largest absolute Gasteiger partial charge is 0.455 e. The second-order valence-corrected chi connectivity index (χ2v) is 11.0. The molecule has 0 unspecified atom stereocenters. The third kappa shape index (κ3) is 3.34. The third-order valence-electron chi connectivity index (χ3n) is 8.67. The molecular formula is C39H25NO. The lowest BCUT2D eigenvalue weighted by atomic mass is 9.88. The Balaban J connectivity index is 1.43. The second-order valence-electron chi connectivity index (χ2n) is 11.0. The van der Waals surface area contributed by atoms with E-state index in [1.54, 1.807) is 0 Å². The van der Waals surface area contributed by atoms with Crippen molar-refractivity contribution in [3.8, 4) is 0 Å². The fourth-order valence-electron chi connectivity index (χ4n) is 6.82. The fourth-order valence-corrected chi connectivity index (χ4v) is 6.82. The zero-order chi connectivity index (χ0) is 26.9. The van der Waals surface area contributed by atoms with Gasteiger partial charge in [-0.3, -0.25) is 0 Å². The van der Waals surface area contributed by atoms with E-state index in [-0.39, 0.29) is 0 Å². The van der Waals surface area contributed by atoms with Gasteiger partial charge in [0.1, 0.15) is 11.2 Å². The molecule has 1 aliphatic rings. The van der Waals surface area contributed by atoms with Gasteiger partial charge in [0.25, 0.3) is 0 Å². The van der Waals surface area contributed by atoms with Crippen LogP contribution in [-0.4, -0.2) is 5.71 Å². The lowest BCUT2D eigenvalue weighted by Gasteiger charge is -2.18. The Kier molecular flexibility index (Phi) is 4.76. The van der Waals surface area contributed by atoms with Crippen molar-refractivity contribution >= 4 is 71.2 Å². The van der Waals surface area contributed by atoms with Gasteiger partial charge in [-0.1, -0.05) is 103 Å². The third-order valence-corrected chi connectivity index (χ3v) is 8.67. The van der Waals surface area contributed by atoms with Crippen LogP contribution in [0.4, 0.5) is 5.69 Å². The van der Waals surface area contributed by atoms with Gasteiger partial charge in [0, 0.05) is 27.3 Å². The molecule has 8 aromatic rings. The van der Waals surface area contributed by atoms with Crippen molar-refractivity contribution in [2.24, 2.45) is 4.99 Å². The summed E-state index contributed by atoms with van der Waals surface area (Å²) in [7, 11) is 0. The minimum absolute atomic E-state index is 0.907. The zero-order valence-electron chi connectivity index (χ0n) is 22.4. The Bertz CT molecular complexity index is 2350. The van der Waals surface area contributed by atoms with Crippen LogP contribution in [0.25, 0.3) is 59.8 Å². The Hall–Kier alpha value is -5.21. The van der Waals surface area contributed by atoms with Gasteiger partial charge in [-0.05, 0) is 75.2 Å². The zero-order valence-corrected chi connectivity index (χ0v) is 22.4. The van der Waals surface area contributed by atoms with Gasteiger partial charge in [-0.15, -0.1) is 0 Å². The van der Waals surface area contributed by atoms with Gasteiger partial charge in [0.2, 0.25) is 0 Å². The van der Waals surface area contributed by atoms with E-state index < -0.39 is 0 Å². The summed E-state index contributed by atoms with van der Waals surface area (Å²) in [5.74, 6) is 0. The number of allylic oxidation sites excluding steroid dienone is 2. The highest BCUT2D eigenvalue weighted by Gasteiger charge is 2.23. The highest BCUT2D eigenvalue weighted by molar-refractivity contribution is 6.39. The molecule has 7 aromatic carbocycles. The molecule has 41 heavy (non-hydrogen) atoms. The molecule has 0 atom stereocenters. The monoisotopic (exact) mass is 523 g/mol. The smallest absolute Gasteiger partial charge is 0.143 e. The quantitative estimate of drug-likeness (QED) is 0.163. The summed E-state index contributed by atoms with van der Waals surface area (Å²) in [5, 5.41) is 9.69. The molecule has 0 amide bonds. The summed E-state index contributed by atoms with van der Waals surface area (Å²) >= 11 is 0. The normalized spacial score (nSPS) is 15.2. The average Bonchev–Trinajstić information content (AvgIpc) is 3.41. The topological polar surface area (TPSA) is 25.5 Å². The van der Waals surface area contributed by atoms with Crippen LogP contribution in [0.2, 0.25) is 0 Å². The number of benzene rings is 7. The van der Waals surface area contributed by atoms with Crippen molar-refractivity contribution in [2.75, 3.05) is 0 Å². The molecule has 1 aliphatic heterocycles. The Morgan fingerprint density at radius 1 is 0.561 bits per heavy atom. The van der Waals surface area contributed by atoms with Gasteiger partial charge in [0.05, 0.1) is 11.4 Å². The molecule has 0 bridgehead atoms. The molecule has 0 saturated heterocycles. The lowest BCUT2D eigenvalue weighted by molar-refractivity contribution is 0.673. The highest BCUT2D eigenvalue weighted by atomic mass is 16.3. The minimum Gasteiger partial charge on any atom is -0.455 e. The van der Waals surface area contributed by atoms with Crippen molar-refractivity contribution < 1.29 is 4.42 Å². The lowest BCUT2D eigenvalue weighted by Crippen LogP contribution is -2.07. The molecular weight excluding hydrogens is 498 g/mol. The van der Waals surface area contributed by atoms with Crippen LogP contribution in [0, 0.1) is 0 Å². The van der Waals surface area contributed by atoms with E-state index in [0.717, 1.165) is 51.9 Å². The molecule has 0 saturated carbocycles. The maximum atomic E-state index is 6.82. The number of aryl methyl sites for hydroxylation is 1. The Labute approximate surface area is 237 Å². The highest BCUT2D eigenvalue weighted by Crippen LogP contribution is 2.46. The molecule has 2 heterocycles. The first-order chi connectivity index (χ1) is 20.3. The number of furan rings is 1. The van der Waals surface area contributed by atoms with Crippen molar-refractivity contribution in [3.63, 3.8) is 0 Å². The van der Waals surface area contributed by atoms with Gasteiger partial charge >= 0.3 is 0 Å². The fraction of sp³-hybridized carbons (Fsp3) is 0.0513. The van der Waals surface area contributed by atoms with E-state index in [1.807, 2.05) is 0 Å². The summed E-state index contributed by atoms with van der Waals surface area (Å²) in [6, 6.07) is 43.4. The Morgan fingerprint density at radius 2 is 1.27 bits per heavy atom. The predicted octanol–water partition coefficient (Wildman–Crippen LogP) is 10.6. The SMILES string of the molecule is C1=C(/c2ccccc2)C(c2cc3oc4c5ccccc5cc5c6ccccc6c(c2)c3c54)=Nc2ccccc2CC/1. The molecule has 2 heteroatoms. The first kappa shape index (κ1) is 22.6. The van der Waals surface area contributed by atoms with Gasteiger partial charge < -0.3 is 4.42 Å². The van der Waals surface area contributed by atoms with Crippen molar-refractivity contribution in [3.05, 3.63) is 144 Å². The van der Waals surface area contributed by atoms with Crippen LogP contribution in [0.3, 0.4) is 0 Å². The molecule has 0 fully saturated rings. The number of nitrogens with zero attached hydrogens (tertiary/aromatic N) is 1. The summed E-state index contributed by atoms with van der Waals surface area (Å²) in [6.45, 7) is 0. The van der Waals surface area contributed by atoms with E-state index in [9.17, 15) is 0 Å². The van der Waals surface area contributed by atoms with E-state index in [0.29, 0.717) is 0 Å². The summed E-state index contributed by atoms with van der Waals surface area (Å²) in [4.78, 5) is 5.39. The standard InChI is InChI=1S/C39H25NO/c1-2-11-24(12-3-1)28-19-10-15-25-13-5-9-20-34(25)40-38(28)27-22-32-30-17-7-8-18-31(30)33-21-26-14-4-6-16-29(26)39-37(33)36(32)35(23-27)41-39/h1-9,11-14,16-23H,10,15H2/b28-19-,40-38?. The van der Waals surface area contributed by atoms with Crippen LogP contribution >= 0.6 is 0 Å². The van der Waals surface area contributed by atoms with Gasteiger partial charge in [-0.25, -0.2) is 4.99 Å². The molecule has 0 spiro atoms. The number of aliphatic imine (C=N–C) groups is 1. The Morgan fingerprint density at radius 3 is 2.12 bits per heavy atom. The van der Waals surface area contributed by atoms with E-state index in [1.165, 1.54) is 48.8 Å². The van der Waals surface area contributed by atoms with Crippen molar-refractivity contribution in [1.82, 2.24) is 0 Å². The van der Waals surface area contributed by atoms with E-state index in [4.69, 9.17) is 9.41 Å². The molecule has 192 valence electrons. The summed E-state index contributed by atoms with van der Waals surface area (Å²) in [5.41, 5.74) is 8.58. The first-order valence-corrected chi connectivity index (χ1v) is 14.3. The van der Waals surface area contributed by atoms with Crippen molar-refractivity contribution in [1.29, 1.82) is 0 Å². The molecule has 2 nitrogen and oxygen atoms in total. The van der Waals surface area contributed by atoms with E-state index in [2.05, 4.69) is 127 Å². The van der Waals surface area contributed by atoms with E-state index >= 15 is 0 Å². The summed E-state index contributed by atoms with van der Waals surface area (Å²) in [6.07, 6.45) is 4.29. The van der Waals surface area contributed by atoms with Crippen LogP contribution in [0.15, 0.2) is 137 Å². The molecule has 0 radical (unpaired) electrons. The molecule has 0 N–H and O–H groups in total. The molecule has 1 aromatic heterocycles. The van der Waals surface area contributed by atoms with Crippen molar-refractivity contribution in [2.45, 2.75) is 12.8 Å². The van der Waals surface area contributed by atoms with Gasteiger partial charge in [0.15, 0.2) is 0 Å². The van der Waals surface area contributed by atoms with Crippen LogP contribution in [0.1, 0.15) is 23.1 Å². The predicted molar refractivity (Wildman–Crippen MR) is 173 cm³/mol. The molecule has 9 rings (SSSR count). The number of hydrogen-bond donors (Lipinski definition) is 0. The minimum atomic E-state index is 0.907. The first-order valence-electron chi connectivity index (χ1n) is 14.3. The average molecular weight is 524 g/mol. The summed E-state index contributed by atoms with van der Waals surface area (Å²) < 4.78 is 6.82. The van der Waals surface area contributed by atoms with Crippen LogP contribution in [-0.2, 0) is 6.42 Å². The second kappa shape index (κ2) is 8.64. The number of rotatable bonds is 2. The van der Waals surface area contributed by atoms with Crippen LogP contribution in [0.5, 0.6) is 0 Å². The maximum absolute atomic E-state index is 6.82. The number of para-hydroxylation sites is 1. The number of hydrogen-bond acceptors (Lipinski definition) is 2. The van der Waals surface area contributed by atoms with Gasteiger partial charge in [-0.2, -0.15) is 0 Å². The number of fused-ring (bicyclic) bond motifs is 6. The van der Waals surface area contributed by atoms with Crippen LogP contribution < -0.4 is 0 Å². The maximum Gasteiger partial charge on any atom is 0.143 e. The molecule has 0 aliphatic carbocycles.